The summed E-state index contributed by atoms with van der Waals surface area (Å²) in [5, 5.41) is 14.0. The van der Waals surface area contributed by atoms with Crippen LogP contribution in [0.5, 0.6) is 0 Å². The molecule has 1 aliphatic heterocycles. The average molecular weight is 271 g/mol. The Morgan fingerprint density at radius 1 is 1.42 bits per heavy atom. The van der Waals surface area contributed by atoms with E-state index in [0.717, 1.165) is 6.42 Å². The second-order valence-electron chi connectivity index (χ2n) is 4.59. The fraction of sp³-hybridized carbons (Fsp3) is 0.750. The van der Waals surface area contributed by atoms with E-state index in [-0.39, 0.29) is 5.91 Å². The molecule has 2 atom stereocenters. The predicted octanol–water partition coefficient (Wildman–Crippen LogP) is 0.160. The molecule has 1 heterocycles. The van der Waals surface area contributed by atoms with Gasteiger partial charge < -0.3 is 20.6 Å². The Labute approximate surface area is 112 Å². The monoisotopic (exact) mass is 271 g/mol. The van der Waals surface area contributed by atoms with Gasteiger partial charge in [-0.2, -0.15) is 0 Å². The van der Waals surface area contributed by atoms with E-state index < -0.39 is 24.1 Å². The number of nitrogens with one attached hydrogen (secondary N) is 2. The molecular formula is C12H21N3O4. The van der Waals surface area contributed by atoms with E-state index in [1.807, 2.05) is 6.92 Å². The lowest BCUT2D eigenvalue weighted by molar-refractivity contribution is -0.139. The minimum absolute atomic E-state index is 0.213. The van der Waals surface area contributed by atoms with Crippen LogP contribution in [0.2, 0.25) is 0 Å². The number of carboxylic acids is 1. The number of carboxylic acid groups (broad SMARTS) is 1. The highest BCUT2D eigenvalue weighted by atomic mass is 16.4. The Kier molecular flexibility index (Phi) is 5.59. The van der Waals surface area contributed by atoms with Gasteiger partial charge in [-0.3, -0.25) is 4.79 Å². The molecule has 1 rings (SSSR count). The van der Waals surface area contributed by atoms with E-state index in [1.54, 1.807) is 0 Å². The Balaban J connectivity index is 2.65. The highest BCUT2D eigenvalue weighted by Gasteiger charge is 2.34. The molecule has 7 nitrogen and oxygen atoms in total. The van der Waals surface area contributed by atoms with Crippen molar-refractivity contribution in [1.29, 1.82) is 0 Å². The van der Waals surface area contributed by atoms with Crippen LogP contribution in [0, 0.1) is 0 Å². The van der Waals surface area contributed by atoms with Crippen LogP contribution in [0.3, 0.4) is 0 Å². The van der Waals surface area contributed by atoms with Crippen LogP contribution < -0.4 is 10.6 Å². The summed E-state index contributed by atoms with van der Waals surface area (Å²) in [5.41, 5.74) is 0. The SMILES string of the molecule is CCC[C@@H](NC(=O)N1CCCC1C(=O)NC)C(=O)O. The van der Waals surface area contributed by atoms with Gasteiger partial charge in [-0.15, -0.1) is 0 Å². The van der Waals surface area contributed by atoms with Gasteiger partial charge in [0.15, 0.2) is 0 Å². The van der Waals surface area contributed by atoms with Crippen LogP contribution in [0.15, 0.2) is 0 Å². The summed E-state index contributed by atoms with van der Waals surface area (Å²) in [6.07, 6.45) is 2.39. The number of urea groups is 1. The first-order valence-corrected chi connectivity index (χ1v) is 6.52. The molecule has 0 aromatic rings. The van der Waals surface area contributed by atoms with Crippen LogP contribution in [-0.4, -0.2) is 53.6 Å². The minimum Gasteiger partial charge on any atom is -0.480 e. The van der Waals surface area contributed by atoms with Crippen LogP contribution in [0.4, 0.5) is 4.79 Å². The molecule has 0 spiro atoms. The first kappa shape index (κ1) is 15.3. The van der Waals surface area contributed by atoms with Crippen molar-refractivity contribution in [3.63, 3.8) is 0 Å². The molecule has 19 heavy (non-hydrogen) atoms. The molecule has 0 radical (unpaired) electrons. The molecule has 1 saturated heterocycles. The molecule has 0 bridgehead atoms. The Morgan fingerprint density at radius 2 is 2.11 bits per heavy atom. The van der Waals surface area contributed by atoms with Gasteiger partial charge in [0.1, 0.15) is 12.1 Å². The fourth-order valence-electron chi connectivity index (χ4n) is 2.23. The van der Waals surface area contributed by atoms with Gasteiger partial charge in [0, 0.05) is 13.6 Å². The maximum Gasteiger partial charge on any atom is 0.326 e. The lowest BCUT2D eigenvalue weighted by Gasteiger charge is -2.25. The van der Waals surface area contributed by atoms with Gasteiger partial charge in [0.25, 0.3) is 0 Å². The summed E-state index contributed by atoms with van der Waals surface area (Å²) in [6, 6.07) is -1.88. The highest BCUT2D eigenvalue weighted by Crippen LogP contribution is 2.17. The Bertz CT molecular complexity index is 359. The number of carbonyl (C=O) groups excluding carboxylic acids is 2. The smallest absolute Gasteiger partial charge is 0.326 e. The fourth-order valence-corrected chi connectivity index (χ4v) is 2.23. The molecule has 3 N–H and O–H groups in total. The van der Waals surface area contributed by atoms with Crippen molar-refractivity contribution in [3.05, 3.63) is 0 Å². The van der Waals surface area contributed by atoms with E-state index in [9.17, 15) is 14.4 Å². The quantitative estimate of drug-likeness (QED) is 0.663. The summed E-state index contributed by atoms with van der Waals surface area (Å²) in [6.45, 7) is 2.33. The Hall–Kier alpha value is -1.79. The number of hydrogen-bond donors (Lipinski definition) is 3. The van der Waals surface area contributed by atoms with E-state index >= 15 is 0 Å². The number of likely N-dealkylation sites (tertiary alicyclic amines) is 1. The summed E-state index contributed by atoms with van der Waals surface area (Å²) in [4.78, 5) is 36.1. The number of likely N-dealkylation sites (N-methyl/N-ethyl adjacent to an activating group) is 1. The normalized spacial score (nSPS) is 19.9. The topological polar surface area (TPSA) is 98.7 Å². The van der Waals surface area contributed by atoms with Gasteiger partial charge in [0.05, 0.1) is 0 Å². The van der Waals surface area contributed by atoms with Crippen LogP contribution >= 0.6 is 0 Å². The molecule has 7 heteroatoms. The Morgan fingerprint density at radius 3 is 2.63 bits per heavy atom. The third-order valence-electron chi connectivity index (χ3n) is 3.24. The number of aliphatic carboxylic acids is 1. The zero-order valence-corrected chi connectivity index (χ0v) is 11.3. The number of carbonyl (C=O) groups is 3. The molecule has 3 amide bonds. The van der Waals surface area contributed by atoms with Crippen molar-refractivity contribution in [3.8, 4) is 0 Å². The molecule has 1 aliphatic rings. The predicted molar refractivity (Wildman–Crippen MR) is 68.7 cm³/mol. The molecule has 0 saturated carbocycles. The van der Waals surface area contributed by atoms with Gasteiger partial charge in [0.2, 0.25) is 5.91 Å². The number of hydrogen-bond acceptors (Lipinski definition) is 3. The summed E-state index contributed by atoms with van der Waals surface area (Å²) >= 11 is 0. The van der Waals surface area contributed by atoms with Crippen LogP contribution in [0.25, 0.3) is 0 Å². The summed E-state index contributed by atoms with van der Waals surface area (Å²) < 4.78 is 0. The summed E-state index contributed by atoms with van der Waals surface area (Å²) in [5.74, 6) is -1.26. The lowest BCUT2D eigenvalue weighted by atomic mass is 10.1. The van der Waals surface area contributed by atoms with Crippen molar-refractivity contribution in [2.24, 2.45) is 0 Å². The molecular weight excluding hydrogens is 250 g/mol. The first-order chi connectivity index (χ1) is 9.01. The van der Waals surface area contributed by atoms with Crippen molar-refractivity contribution >= 4 is 17.9 Å². The van der Waals surface area contributed by atoms with Crippen LogP contribution in [0.1, 0.15) is 32.6 Å². The van der Waals surface area contributed by atoms with Gasteiger partial charge in [-0.25, -0.2) is 9.59 Å². The van der Waals surface area contributed by atoms with Crippen molar-refractivity contribution in [2.45, 2.75) is 44.7 Å². The molecule has 1 unspecified atom stereocenters. The second-order valence-corrected chi connectivity index (χ2v) is 4.59. The lowest BCUT2D eigenvalue weighted by Crippen LogP contribution is -2.52. The zero-order chi connectivity index (χ0) is 14.4. The van der Waals surface area contributed by atoms with Crippen molar-refractivity contribution in [2.75, 3.05) is 13.6 Å². The van der Waals surface area contributed by atoms with Gasteiger partial charge >= 0.3 is 12.0 Å². The maximum atomic E-state index is 12.0. The van der Waals surface area contributed by atoms with Crippen molar-refractivity contribution < 1.29 is 19.5 Å². The first-order valence-electron chi connectivity index (χ1n) is 6.52. The number of nitrogens with zero attached hydrogens (tertiary/aromatic N) is 1. The average Bonchev–Trinajstić information content (AvgIpc) is 2.86. The number of amides is 3. The molecule has 0 aliphatic carbocycles. The second kappa shape index (κ2) is 6.96. The maximum absolute atomic E-state index is 12.0. The summed E-state index contributed by atoms with van der Waals surface area (Å²) in [7, 11) is 1.52. The largest absolute Gasteiger partial charge is 0.480 e. The number of rotatable bonds is 5. The van der Waals surface area contributed by atoms with E-state index in [1.165, 1.54) is 11.9 Å². The minimum atomic E-state index is -1.05. The molecule has 0 aromatic heterocycles. The highest BCUT2D eigenvalue weighted by molar-refractivity contribution is 5.89. The standard InChI is InChI=1S/C12H21N3O4/c1-3-5-8(11(17)18)14-12(19)15-7-4-6-9(15)10(16)13-2/h8-9H,3-7H2,1-2H3,(H,13,16)(H,14,19)(H,17,18)/t8-,9?/m1/s1. The third kappa shape index (κ3) is 3.84. The van der Waals surface area contributed by atoms with Crippen LogP contribution in [-0.2, 0) is 9.59 Å². The molecule has 1 fully saturated rings. The molecule has 108 valence electrons. The van der Waals surface area contributed by atoms with E-state index in [2.05, 4.69) is 10.6 Å². The van der Waals surface area contributed by atoms with Gasteiger partial charge in [-0.1, -0.05) is 13.3 Å². The van der Waals surface area contributed by atoms with E-state index in [0.29, 0.717) is 25.8 Å². The van der Waals surface area contributed by atoms with Gasteiger partial charge in [-0.05, 0) is 19.3 Å². The third-order valence-corrected chi connectivity index (χ3v) is 3.24. The zero-order valence-electron chi connectivity index (χ0n) is 11.3. The molecule has 0 aromatic carbocycles. The van der Waals surface area contributed by atoms with Crippen molar-refractivity contribution in [1.82, 2.24) is 15.5 Å². The van der Waals surface area contributed by atoms with E-state index in [4.69, 9.17) is 5.11 Å².